The van der Waals surface area contributed by atoms with E-state index in [0.717, 1.165) is 37.4 Å². The number of carbonyl (C=O) groups excluding carboxylic acids is 1. The molecule has 1 N–H and O–H groups in total. The van der Waals surface area contributed by atoms with Gasteiger partial charge in [0, 0.05) is 24.4 Å². The highest BCUT2D eigenvalue weighted by Crippen LogP contribution is 2.29. The molecule has 30 heavy (non-hydrogen) atoms. The number of hydrogen-bond acceptors (Lipinski definition) is 5. The molecule has 3 aromatic rings. The third-order valence-corrected chi connectivity index (χ3v) is 5.60. The van der Waals surface area contributed by atoms with Crippen LogP contribution in [0.25, 0.3) is 0 Å². The summed E-state index contributed by atoms with van der Waals surface area (Å²) in [5, 5.41) is 2.87. The van der Waals surface area contributed by atoms with E-state index in [-0.39, 0.29) is 11.8 Å². The third kappa shape index (κ3) is 5.02. The summed E-state index contributed by atoms with van der Waals surface area (Å²) in [5.74, 6) is 2.22. The monoisotopic (exact) mass is 402 g/mol. The zero-order valence-corrected chi connectivity index (χ0v) is 17.1. The number of likely N-dealkylation sites (tertiary alicyclic amines) is 1. The number of hydrogen-bond donors (Lipinski definition) is 1. The third-order valence-electron chi connectivity index (χ3n) is 5.60. The second-order valence-electron chi connectivity index (χ2n) is 7.55. The summed E-state index contributed by atoms with van der Waals surface area (Å²) in [6.07, 6.45) is 6.42. The van der Waals surface area contributed by atoms with Crippen LogP contribution in [0.3, 0.4) is 0 Å². The molecule has 0 radical (unpaired) electrons. The Morgan fingerprint density at radius 3 is 2.40 bits per heavy atom. The SMILES string of the molecule is CC(c1ccc(Oc2ccccc2)cc1)N1CCC(C(=O)Nc2cnccn2)CC1. The fourth-order valence-corrected chi connectivity index (χ4v) is 3.79. The lowest BCUT2D eigenvalue weighted by Crippen LogP contribution is -2.39. The first kappa shape index (κ1) is 20.0. The van der Waals surface area contributed by atoms with E-state index >= 15 is 0 Å². The standard InChI is InChI=1S/C24H26N4O2/c1-18(19-7-9-22(10-8-19)30-21-5-3-2-4-6-21)28-15-11-20(12-16-28)24(29)27-23-17-25-13-14-26-23/h2-10,13-14,17-18,20H,11-12,15-16H2,1H3,(H,26,27,29). The summed E-state index contributed by atoms with van der Waals surface area (Å²) in [7, 11) is 0. The molecule has 0 bridgehead atoms. The molecule has 0 spiro atoms. The molecule has 6 nitrogen and oxygen atoms in total. The van der Waals surface area contributed by atoms with Gasteiger partial charge in [-0.05, 0) is 62.7 Å². The molecule has 1 aliphatic rings. The number of anilines is 1. The second-order valence-corrected chi connectivity index (χ2v) is 7.55. The van der Waals surface area contributed by atoms with Crippen molar-refractivity contribution in [1.29, 1.82) is 0 Å². The Hall–Kier alpha value is -3.25. The van der Waals surface area contributed by atoms with Gasteiger partial charge >= 0.3 is 0 Å². The predicted octanol–water partition coefficient (Wildman–Crippen LogP) is 4.68. The Bertz CT molecular complexity index is 940. The molecule has 1 fully saturated rings. The van der Waals surface area contributed by atoms with Crippen molar-refractivity contribution >= 4 is 11.7 Å². The van der Waals surface area contributed by atoms with Gasteiger partial charge in [-0.3, -0.25) is 14.7 Å². The van der Waals surface area contributed by atoms with E-state index in [2.05, 4.69) is 39.2 Å². The van der Waals surface area contributed by atoms with Crippen molar-refractivity contribution in [3.05, 3.63) is 78.8 Å². The largest absolute Gasteiger partial charge is 0.457 e. The molecule has 1 unspecified atom stereocenters. The van der Waals surface area contributed by atoms with Crippen LogP contribution >= 0.6 is 0 Å². The zero-order valence-electron chi connectivity index (χ0n) is 17.1. The smallest absolute Gasteiger partial charge is 0.228 e. The van der Waals surface area contributed by atoms with Gasteiger partial charge in [0.2, 0.25) is 5.91 Å². The van der Waals surface area contributed by atoms with Crippen LogP contribution in [0.1, 0.15) is 31.4 Å². The van der Waals surface area contributed by atoms with E-state index in [9.17, 15) is 4.79 Å². The van der Waals surface area contributed by atoms with Crippen molar-refractivity contribution in [3.63, 3.8) is 0 Å². The highest BCUT2D eigenvalue weighted by Gasteiger charge is 2.28. The van der Waals surface area contributed by atoms with Crippen LogP contribution in [0.15, 0.2) is 73.2 Å². The summed E-state index contributed by atoms with van der Waals surface area (Å²) in [6, 6.07) is 18.3. The van der Waals surface area contributed by atoms with Crippen molar-refractivity contribution < 1.29 is 9.53 Å². The van der Waals surface area contributed by atoms with Crippen molar-refractivity contribution in [3.8, 4) is 11.5 Å². The van der Waals surface area contributed by atoms with Gasteiger partial charge in [-0.15, -0.1) is 0 Å². The lowest BCUT2D eigenvalue weighted by atomic mass is 9.94. The first-order chi connectivity index (χ1) is 14.7. The average Bonchev–Trinajstić information content (AvgIpc) is 2.80. The maximum absolute atomic E-state index is 12.5. The molecule has 1 aromatic heterocycles. The highest BCUT2D eigenvalue weighted by molar-refractivity contribution is 5.91. The van der Waals surface area contributed by atoms with Gasteiger partial charge < -0.3 is 10.1 Å². The topological polar surface area (TPSA) is 67.3 Å². The van der Waals surface area contributed by atoms with Crippen molar-refractivity contribution in [1.82, 2.24) is 14.9 Å². The first-order valence-electron chi connectivity index (χ1n) is 10.3. The Kier molecular flexibility index (Phi) is 6.35. The summed E-state index contributed by atoms with van der Waals surface area (Å²) >= 11 is 0. The summed E-state index contributed by atoms with van der Waals surface area (Å²) < 4.78 is 5.88. The molecule has 2 heterocycles. The quantitative estimate of drug-likeness (QED) is 0.648. The van der Waals surface area contributed by atoms with Crippen molar-refractivity contribution in [2.24, 2.45) is 5.92 Å². The van der Waals surface area contributed by atoms with Crippen LogP contribution in [0.4, 0.5) is 5.82 Å². The van der Waals surface area contributed by atoms with Gasteiger partial charge in [-0.2, -0.15) is 0 Å². The molecule has 1 amide bonds. The minimum absolute atomic E-state index is 0.0112. The van der Waals surface area contributed by atoms with E-state index < -0.39 is 0 Å². The van der Waals surface area contributed by atoms with Crippen molar-refractivity contribution in [2.45, 2.75) is 25.8 Å². The lowest BCUT2D eigenvalue weighted by molar-refractivity contribution is -0.121. The van der Waals surface area contributed by atoms with E-state index in [0.29, 0.717) is 11.9 Å². The number of benzene rings is 2. The number of ether oxygens (including phenoxy) is 1. The molecule has 154 valence electrons. The number of aromatic nitrogens is 2. The zero-order chi connectivity index (χ0) is 20.8. The minimum atomic E-state index is 0.0112. The van der Waals surface area contributed by atoms with E-state index in [1.807, 2.05) is 42.5 Å². The molecule has 1 atom stereocenters. The van der Waals surface area contributed by atoms with Crippen LogP contribution in [-0.2, 0) is 4.79 Å². The number of carbonyl (C=O) groups is 1. The maximum Gasteiger partial charge on any atom is 0.228 e. The first-order valence-corrected chi connectivity index (χ1v) is 10.3. The molecule has 0 saturated carbocycles. The van der Waals surface area contributed by atoms with Gasteiger partial charge in [0.15, 0.2) is 5.82 Å². The fourth-order valence-electron chi connectivity index (χ4n) is 3.79. The number of para-hydroxylation sites is 1. The van der Waals surface area contributed by atoms with Gasteiger partial charge in [0.1, 0.15) is 11.5 Å². The predicted molar refractivity (Wildman–Crippen MR) is 116 cm³/mol. The van der Waals surface area contributed by atoms with E-state index in [1.54, 1.807) is 18.6 Å². The molecule has 0 aliphatic carbocycles. The van der Waals surface area contributed by atoms with Crippen LogP contribution in [0.5, 0.6) is 11.5 Å². The number of amides is 1. The second kappa shape index (κ2) is 9.50. The Balaban J connectivity index is 1.29. The van der Waals surface area contributed by atoms with Gasteiger partial charge in [-0.25, -0.2) is 4.98 Å². The number of piperidine rings is 1. The molecule has 2 aromatic carbocycles. The molecule has 6 heteroatoms. The number of nitrogens with zero attached hydrogens (tertiary/aromatic N) is 3. The number of nitrogens with one attached hydrogen (secondary N) is 1. The van der Waals surface area contributed by atoms with Crippen LogP contribution in [0.2, 0.25) is 0 Å². The van der Waals surface area contributed by atoms with Crippen LogP contribution < -0.4 is 10.1 Å². The summed E-state index contributed by atoms with van der Waals surface area (Å²) in [4.78, 5) is 23.0. The Morgan fingerprint density at radius 1 is 1.03 bits per heavy atom. The molecule has 1 saturated heterocycles. The number of rotatable bonds is 6. The highest BCUT2D eigenvalue weighted by atomic mass is 16.5. The van der Waals surface area contributed by atoms with E-state index in [1.165, 1.54) is 5.56 Å². The van der Waals surface area contributed by atoms with E-state index in [4.69, 9.17) is 4.74 Å². The Morgan fingerprint density at radius 2 is 1.73 bits per heavy atom. The van der Waals surface area contributed by atoms with Gasteiger partial charge in [0.05, 0.1) is 6.20 Å². The van der Waals surface area contributed by atoms with Crippen LogP contribution in [-0.4, -0.2) is 33.9 Å². The normalized spacial score (nSPS) is 16.0. The fraction of sp³-hybridized carbons (Fsp3) is 0.292. The minimum Gasteiger partial charge on any atom is -0.457 e. The van der Waals surface area contributed by atoms with Crippen LogP contribution in [0, 0.1) is 5.92 Å². The van der Waals surface area contributed by atoms with Crippen molar-refractivity contribution in [2.75, 3.05) is 18.4 Å². The summed E-state index contributed by atoms with van der Waals surface area (Å²) in [6.45, 7) is 4.00. The molecule has 4 rings (SSSR count). The molecular weight excluding hydrogens is 376 g/mol. The van der Waals surface area contributed by atoms with Gasteiger partial charge in [0.25, 0.3) is 0 Å². The summed E-state index contributed by atoms with van der Waals surface area (Å²) in [5.41, 5.74) is 1.25. The Labute approximate surface area is 176 Å². The molecule has 1 aliphatic heterocycles. The lowest BCUT2D eigenvalue weighted by Gasteiger charge is -2.35. The molecular formula is C24H26N4O2. The van der Waals surface area contributed by atoms with Gasteiger partial charge in [-0.1, -0.05) is 30.3 Å². The average molecular weight is 402 g/mol. The maximum atomic E-state index is 12.5.